The Hall–Kier alpha value is -5.64. The Morgan fingerprint density at radius 2 is 1.00 bits per heavy atom. The number of thiophene rings is 2. The lowest BCUT2D eigenvalue weighted by Crippen LogP contribution is -2.06. The number of allylic oxidation sites excluding steroid dienone is 4. The molecule has 42 heavy (non-hydrogen) atoms. The molecule has 2 aliphatic carbocycles. The molecule has 0 spiro atoms. The SMILES string of the molecule is [C-]#[N+]/C(C#N)=C1\C(=c2\cc/c(=c3/cc/c(=C4\C(=O)c5cc(C)ccc5\C4=C(\C#N)[N+]#[C-])s3)s2)C(=O)c2cc(C)ccc21. The van der Waals surface area contributed by atoms with Gasteiger partial charge in [0, 0.05) is 51.5 Å². The normalized spacial score (nSPS) is 19.3. The van der Waals surface area contributed by atoms with Crippen LogP contribution in [0.1, 0.15) is 43.0 Å². The maximum atomic E-state index is 13.6. The average Bonchev–Trinajstić information content (AvgIpc) is 3.76. The van der Waals surface area contributed by atoms with Crippen molar-refractivity contribution in [3.05, 3.63) is 146 Å². The number of hydrogen-bond acceptors (Lipinski definition) is 6. The second-order valence-electron chi connectivity index (χ2n) is 9.73. The summed E-state index contributed by atoms with van der Waals surface area (Å²) < 4.78 is 2.95. The second kappa shape index (κ2) is 10.1. The van der Waals surface area contributed by atoms with Gasteiger partial charge in [0.1, 0.15) is 0 Å². The Bertz CT molecular complexity index is 2210. The molecule has 0 saturated heterocycles. The van der Waals surface area contributed by atoms with E-state index in [1.54, 1.807) is 24.3 Å². The van der Waals surface area contributed by atoms with Crippen molar-refractivity contribution in [2.45, 2.75) is 13.8 Å². The van der Waals surface area contributed by atoms with E-state index < -0.39 is 0 Å². The molecule has 0 unspecified atom stereocenters. The molecule has 0 aliphatic heterocycles. The third-order valence-electron chi connectivity index (χ3n) is 7.19. The largest absolute Gasteiger partial charge is 0.289 e. The van der Waals surface area contributed by atoms with Crippen LogP contribution in [-0.2, 0) is 0 Å². The van der Waals surface area contributed by atoms with Crippen molar-refractivity contribution < 1.29 is 9.59 Å². The van der Waals surface area contributed by atoms with Crippen molar-refractivity contribution in [2.24, 2.45) is 0 Å². The van der Waals surface area contributed by atoms with E-state index >= 15 is 0 Å². The van der Waals surface area contributed by atoms with Crippen molar-refractivity contribution in [1.29, 1.82) is 10.5 Å². The van der Waals surface area contributed by atoms with E-state index in [1.165, 1.54) is 22.7 Å². The number of rotatable bonds is 0. The van der Waals surface area contributed by atoms with Crippen LogP contribution >= 0.6 is 22.7 Å². The van der Waals surface area contributed by atoms with Crippen LogP contribution in [0.25, 0.3) is 32.0 Å². The summed E-state index contributed by atoms with van der Waals surface area (Å²) in [6.45, 7) is 18.9. The summed E-state index contributed by atoms with van der Waals surface area (Å²) in [6.07, 6.45) is 0. The summed E-state index contributed by atoms with van der Waals surface area (Å²) in [7, 11) is 0. The number of nitrogens with zero attached hydrogens (tertiary/aromatic N) is 4. The minimum Gasteiger partial charge on any atom is -0.289 e. The Morgan fingerprint density at radius 3 is 1.36 bits per heavy atom. The molecular weight excluding hydrogens is 561 g/mol. The first-order valence-electron chi connectivity index (χ1n) is 12.6. The van der Waals surface area contributed by atoms with Gasteiger partial charge in [0.05, 0.1) is 25.3 Å². The number of ketones is 2. The van der Waals surface area contributed by atoms with Crippen LogP contribution < -0.4 is 9.06 Å². The topological polar surface area (TPSA) is 90.4 Å². The van der Waals surface area contributed by atoms with Gasteiger partial charge in [-0.3, -0.25) is 9.59 Å². The molecule has 2 heterocycles. The number of fused-ring (bicyclic) bond motifs is 2. The van der Waals surface area contributed by atoms with Gasteiger partial charge in [0.2, 0.25) is 0 Å². The fourth-order valence-corrected chi connectivity index (χ4v) is 7.54. The highest BCUT2D eigenvalue weighted by molar-refractivity contribution is 7.12. The zero-order chi connectivity index (χ0) is 29.7. The number of carbonyl (C=O) groups excluding carboxylic acids is 2. The first-order valence-corrected chi connectivity index (χ1v) is 14.2. The standard InChI is InChI=1S/C34H16N4O2S2/c1-17-5-7-19-21(13-17)33(39)31(29(19)23(15-35)37-3)27-11-9-25(41-27)26-10-12-28(42-26)32-30(24(16-36)38-4)20-8-6-18(2)14-22(20)34(32)40/h5-14H,1-2H3/b26-25+,29-23-,30-24+,31-27+,32-28+. The molecule has 4 aromatic rings. The van der Waals surface area contributed by atoms with Gasteiger partial charge in [-0.1, -0.05) is 35.4 Å². The number of nitriles is 2. The molecule has 0 atom stereocenters. The number of hydrogen-bond donors (Lipinski definition) is 0. The van der Waals surface area contributed by atoms with E-state index in [2.05, 4.69) is 9.69 Å². The summed E-state index contributed by atoms with van der Waals surface area (Å²) in [5, 5.41) is 19.4. The summed E-state index contributed by atoms with van der Waals surface area (Å²) in [5.41, 5.74) is 5.05. The van der Waals surface area contributed by atoms with Gasteiger partial charge < -0.3 is 0 Å². The van der Waals surface area contributed by atoms with Gasteiger partial charge in [0.25, 0.3) is 11.4 Å². The molecule has 0 saturated carbocycles. The molecule has 0 amide bonds. The summed E-state index contributed by atoms with van der Waals surface area (Å²) in [6, 6.07) is 22.1. The molecular formula is C34H16N4O2S2. The van der Waals surface area contributed by atoms with Gasteiger partial charge in [0.15, 0.2) is 11.6 Å². The predicted molar refractivity (Wildman–Crippen MR) is 162 cm³/mol. The quantitative estimate of drug-likeness (QED) is 0.186. The molecule has 0 bridgehead atoms. The van der Waals surface area contributed by atoms with E-state index in [-0.39, 0.29) is 23.0 Å². The van der Waals surface area contributed by atoms with E-state index in [4.69, 9.17) is 13.1 Å². The first-order chi connectivity index (χ1) is 20.3. The lowest BCUT2D eigenvalue weighted by atomic mass is 10.0. The number of Topliss-reactive ketones (excluding diaryl/α,β-unsaturated/α-hetero) is 2. The Kier molecular flexibility index (Phi) is 6.38. The highest BCUT2D eigenvalue weighted by atomic mass is 32.1. The van der Waals surface area contributed by atoms with E-state index in [0.29, 0.717) is 53.6 Å². The van der Waals surface area contributed by atoms with Crippen molar-refractivity contribution in [2.75, 3.05) is 0 Å². The van der Waals surface area contributed by atoms with E-state index in [9.17, 15) is 20.1 Å². The van der Waals surface area contributed by atoms with Crippen LogP contribution in [0.3, 0.4) is 0 Å². The maximum Gasteiger partial charge on any atom is 0.270 e. The molecule has 2 aliphatic rings. The molecule has 0 radical (unpaired) electrons. The zero-order valence-corrected chi connectivity index (χ0v) is 23.8. The number of aryl methyl sites for hydroxylation is 2. The summed E-state index contributed by atoms with van der Waals surface area (Å²) in [4.78, 5) is 34.0. The van der Waals surface area contributed by atoms with Gasteiger partial charge in [-0.15, -0.1) is 22.7 Å². The van der Waals surface area contributed by atoms with Gasteiger partial charge >= 0.3 is 0 Å². The summed E-state index contributed by atoms with van der Waals surface area (Å²) >= 11 is 2.73. The molecule has 6 rings (SSSR count). The maximum absolute atomic E-state index is 13.6. The average molecular weight is 577 g/mol. The van der Waals surface area contributed by atoms with Gasteiger partial charge in [-0.25, -0.2) is 20.2 Å². The highest BCUT2D eigenvalue weighted by Crippen LogP contribution is 2.41. The minimum atomic E-state index is -0.224. The molecule has 0 N–H and O–H groups in total. The van der Waals surface area contributed by atoms with Crippen LogP contribution in [0.5, 0.6) is 0 Å². The molecule has 2 aromatic carbocycles. The van der Waals surface area contributed by atoms with E-state index in [1.807, 2.05) is 62.4 Å². The van der Waals surface area contributed by atoms with Gasteiger partial charge in [-0.2, -0.15) is 0 Å². The van der Waals surface area contributed by atoms with Crippen LogP contribution in [0.4, 0.5) is 0 Å². The van der Waals surface area contributed by atoms with Crippen molar-refractivity contribution in [3.8, 4) is 12.1 Å². The molecule has 6 nitrogen and oxygen atoms in total. The van der Waals surface area contributed by atoms with Crippen molar-refractivity contribution in [1.82, 2.24) is 0 Å². The smallest absolute Gasteiger partial charge is 0.270 e. The first kappa shape index (κ1) is 26.6. The Labute approximate surface area is 248 Å². The molecule has 2 aromatic heterocycles. The Morgan fingerprint density at radius 1 is 0.619 bits per heavy atom. The summed E-state index contributed by atoms with van der Waals surface area (Å²) in [5.74, 6) is -0.447. The third-order valence-corrected chi connectivity index (χ3v) is 9.59. The minimum absolute atomic E-state index is 0.132. The lowest BCUT2D eigenvalue weighted by Gasteiger charge is -2.01. The van der Waals surface area contributed by atoms with Crippen LogP contribution in [0.2, 0.25) is 0 Å². The van der Waals surface area contributed by atoms with Crippen LogP contribution in [0, 0.1) is 58.7 Å². The van der Waals surface area contributed by atoms with Crippen molar-refractivity contribution in [3.63, 3.8) is 0 Å². The van der Waals surface area contributed by atoms with Crippen LogP contribution in [-0.4, -0.2) is 11.6 Å². The second-order valence-corrected chi connectivity index (χ2v) is 11.9. The lowest BCUT2D eigenvalue weighted by molar-refractivity contribution is 0.105. The van der Waals surface area contributed by atoms with Crippen LogP contribution in [0.15, 0.2) is 72.1 Å². The monoisotopic (exact) mass is 576 g/mol. The Balaban J connectivity index is 1.63. The predicted octanol–water partition coefficient (Wildman–Crippen LogP) is 6.12. The molecule has 0 fully saturated rings. The van der Waals surface area contributed by atoms with E-state index in [0.717, 1.165) is 20.2 Å². The number of carbonyl (C=O) groups is 2. The molecule has 196 valence electrons. The van der Waals surface area contributed by atoms with Gasteiger partial charge in [-0.05, 0) is 61.4 Å². The fourth-order valence-electron chi connectivity index (χ4n) is 5.34. The van der Waals surface area contributed by atoms with Crippen molar-refractivity contribution >= 4 is 56.5 Å². The highest BCUT2D eigenvalue weighted by Gasteiger charge is 2.34. The fraction of sp³-hybridized carbons (Fsp3) is 0.0588. The number of benzene rings is 2. The third kappa shape index (κ3) is 3.95. The zero-order valence-electron chi connectivity index (χ0n) is 22.2. The molecule has 8 heteroatoms.